The first-order chi connectivity index (χ1) is 14.0. The van der Waals surface area contributed by atoms with Gasteiger partial charge in [0.25, 0.3) is 0 Å². The summed E-state index contributed by atoms with van der Waals surface area (Å²) in [7, 11) is 0. The molecule has 1 aliphatic heterocycles. The summed E-state index contributed by atoms with van der Waals surface area (Å²) in [5, 5.41) is 3.49. The number of anilines is 2. The molecule has 1 aliphatic rings. The Balaban J connectivity index is 1.50. The summed E-state index contributed by atoms with van der Waals surface area (Å²) in [6.45, 7) is 9.96. The molecule has 2 aromatic heterocycles. The summed E-state index contributed by atoms with van der Waals surface area (Å²) in [6, 6.07) is 1.81. The Labute approximate surface area is 174 Å². The van der Waals surface area contributed by atoms with Crippen molar-refractivity contribution in [3.63, 3.8) is 0 Å². The van der Waals surface area contributed by atoms with Crippen LogP contribution in [0.4, 0.5) is 10.9 Å². The Bertz CT molecular complexity index is 847. The Morgan fingerprint density at radius 2 is 1.86 bits per heavy atom. The number of ether oxygens (including phenoxy) is 1. The van der Waals surface area contributed by atoms with E-state index in [-0.39, 0.29) is 11.9 Å². The first kappa shape index (κ1) is 21.2. The summed E-state index contributed by atoms with van der Waals surface area (Å²) in [5.74, 6) is 0.273. The van der Waals surface area contributed by atoms with E-state index in [4.69, 9.17) is 4.74 Å². The minimum absolute atomic E-state index is 0.0920. The molecule has 3 heterocycles. The third-order valence-electron chi connectivity index (χ3n) is 4.98. The maximum atomic E-state index is 12.5. The zero-order valence-electron chi connectivity index (χ0n) is 17.1. The highest BCUT2D eigenvalue weighted by Gasteiger charge is 2.23. The fraction of sp³-hybridized carbons (Fsp3) is 0.500. The molecule has 1 saturated heterocycles. The van der Waals surface area contributed by atoms with Crippen molar-refractivity contribution in [2.45, 2.75) is 27.2 Å². The summed E-state index contributed by atoms with van der Waals surface area (Å²) >= 11 is 1.42. The Kier molecular flexibility index (Phi) is 7.16. The molecule has 0 radical (unpaired) electrons. The quantitative estimate of drug-likeness (QED) is 0.693. The lowest BCUT2D eigenvalue weighted by molar-refractivity contribution is -0.116. The zero-order valence-corrected chi connectivity index (χ0v) is 17.9. The van der Waals surface area contributed by atoms with Crippen molar-refractivity contribution < 1.29 is 14.3 Å². The van der Waals surface area contributed by atoms with Gasteiger partial charge in [0.05, 0.1) is 12.2 Å². The van der Waals surface area contributed by atoms with E-state index in [0.29, 0.717) is 30.1 Å². The van der Waals surface area contributed by atoms with Gasteiger partial charge in [-0.1, -0.05) is 0 Å². The lowest BCUT2D eigenvalue weighted by Crippen LogP contribution is -2.47. The van der Waals surface area contributed by atoms with Crippen LogP contribution in [-0.2, 0) is 9.53 Å². The van der Waals surface area contributed by atoms with Crippen LogP contribution < -0.4 is 10.2 Å². The minimum atomic E-state index is -0.385. The number of nitrogens with zero attached hydrogens (tertiary/aromatic N) is 4. The van der Waals surface area contributed by atoms with E-state index in [1.807, 2.05) is 19.9 Å². The van der Waals surface area contributed by atoms with Gasteiger partial charge in [0.1, 0.15) is 5.00 Å². The normalized spacial score (nSPS) is 14.7. The molecule has 0 aromatic carbocycles. The number of carbonyl (C=O) groups excluding carboxylic acids is 2. The highest BCUT2D eigenvalue weighted by atomic mass is 32.1. The van der Waals surface area contributed by atoms with Crippen LogP contribution in [0, 0.1) is 13.8 Å². The molecule has 0 saturated carbocycles. The van der Waals surface area contributed by atoms with Gasteiger partial charge in [-0.2, -0.15) is 0 Å². The predicted octanol–water partition coefficient (Wildman–Crippen LogP) is 2.48. The van der Waals surface area contributed by atoms with Crippen LogP contribution >= 0.6 is 11.3 Å². The average Bonchev–Trinajstić information content (AvgIpc) is 3.01. The van der Waals surface area contributed by atoms with Gasteiger partial charge in [0.2, 0.25) is 11.9 Å². The number of hydrogen-bond acceptors (Lipinski definition) is 8. The van der Waals surface area contributed by atoms with Crippen LogP contribution in [0.15, 0.2) is 18.5 Å². The highest BCUT2D eigenvalue weighted by Crippen LogP contribution is 2.33. The van der Waals surface area contributed by atoms with Crippen molar-refractivity contribution in [3.05, 3.63) is 34.5 Å². The number of carbonyl (C=O) groups is 2. The number of nitrogens with one attached hydrogen (secondary N) is 1. The molecule has 0 atom stereocenters. The molecular weight excluding hydrogens is 390 g/mol. The van der Waals surface area contributed by atoms with Gasteiger partial charge in [-0.05, 0) is 32.4 Å². The van der Waals surface area contributed by atoms with Crippen LogP contribution in [0.5, 0.6) is 0 Å². The maximum absolute atomic E-state index is 12.5. The fourth-order valence-corrected chi connectivity index (χ4v) is 4.30. The third kappa shape index (κ3) is 5.30. The number of amides is 1. The molecule has 156 valence electrons. The lowest BCUT2D eigenvalue weighted by atomic mass is 10.1. The second-order valence-corrected chi connectivity index (χ2v) is 8.11. The molecule has 1 N–H and O–H groups in total. The number of rotatable bonds is 7. The molecule has 0 aliphatic carbocycles. The Hall–Kier alpha value is -2.52. The summed E-state index contributed by atoms with van der Waals surface area (Å²) in [5.41, 5.74) is 1.34. The van der Waals surface area contributed by atoms with E-state index in [0.717, 1.165) is 42.6 Å². The van der Waals surface area contributed by atoms with Crippen molar-refractivity contribution in [2.24, 2.45) is 0 Å². The fourth-order valence-electron chi connectivity index (χ4n) is 3.24. The van der Waals surface area contributed by atoms with E-state index in [9.17, 15) is 9.59 Å². The van der Waals surface area contributed by atoms with Crippen molar-refractivity contribution in [3.8, 4) is 0 Å². The van der Waals surface area contributed by atoms with Crippen LogP contribution in [0.3, 0.4) is 0 Å². The maximum Gasteiger partial charge on any atom is 0.341 e. The molecule has 0 unspecified atom stereocenters. The van der Waals surface area contributed by atoms with Gasteiger partial charge in [-0.15, -0.1) is 11.3 Å². The number of esters is 1. The summed E-state index contributed by atoms with van der Waals surface area (Å²) < 4.78 is 5.14. The van der Waals surface area contributed by atoms with Crippen molar-refractivity contribution >= 4 is 34.2 Å². The first-order valence-electron chi connectivity index (χ1n) is 9.80. The van der Waals surface area contributed by atoms with Crippen molar-refractivity contribution in [2.75, 3.05) is 49.5 Å². The van der Waals surface area contributed by atoms with Crippen LogP contribution in [0.25, 0.3) is 0 Å². The number of aryl methyl sites for hydroxylation is 1. The molecule has 1 amide bonds. The predicted molar refractivity (Wildman–Crippen MR) is 114 cm³/mol. The third-order valence-corrected chi connectivity index (χ3v) is 6.10. The SMILES string of the molecule is CCOC(=O)c1c(NC(=O)CCN2CCN(c3ncccn3)CC2)sc(C)c1C. The molecule has 0 spiro atoms. The standard InChI is InChI=1S/C20H27N5O3S/c1-4-28-19(27)17-14(2)15(3)29-18(17)23-16(26)6-9-24-10-12-25(13-11-24)20-21-7-5-8-22-20/h5,7-8H,4,6,9-13H2,1-3H3,(H,23,26). The van der Waals surface area contributed by atoms with Crippen LogP contribution in [-0.4, -0.2) is 66.1 Å². The van der Waals surface area contributed by atoms with E-state index in [2.05, 4.69) is 25.1 Å². The minimum Gasteiger partial charge on any atom is -0.462 e. The molecule has 1 fully saturated rings. The van der Waals surface area contributed by atoms with Gasteiger partial charge < -0.3 is 15.0 Å². The lowest BCUT2D eigenvalue weighted by Gasteiger charge is -2.34. The smallest absolute Gasteiger partial charge is 0.341 e. The second-order valence-electron chi connectivity index (χ2n) is 6.88. The number of thiophene rings is 1. The topological polar surface area (TPSA) is 87.7 Å². The largest absolute Gasteiger partial charge is 0.462 e. The summed E-state index contributed by atoms with van der Waals surface area (Å²) in [4.78, 5) is 38.7. The monoisotopic (exact) mass is 417 g/mol. The highest BCUT2D eigenvalue weighted by molar-refractivity contribution is 7.16. The average molecular weight is 418 g/mol. The van der Waals surface area contributed by atoms with Gasteiger partial charge in [0, 0.05) is 56.4 Å². The molecule has 9 heteroatoms. The molecule has 2 aromatic rings. The van der Waals surface area contributed by atoms with Crippen LogP contribution in [0.2, 0.25) is 0 Å². The Morgan fingerprint density at radius 1 is 1.17 bits per heavy atom. The molecule has 29 heavy (non-hydrogen) atoms. The molecule has 0 bridgehead atoms. The molecule has 3 rings (SSSR count). The first-order valence-corrected chi connectivity index (χ1v) is 10.6. The summed E-state index contributed by atoms with van der Waals surface area (Å²) in [6.07, 6.45) is 3.87. The molecular formula is C20H27N5O3S. The van der Waals surface area contributed by atoms with E-state index < -0.39 is 0 Å². The van der Waals surface area contributed by atoms with Gasteiger partial charge >= 0.3 is 5.97 Å². The van der Waals surface area contributed by atoms with Crippen LogP contribution in [0.1, 0.15) is 34.1 Å². The van der Waals surface area contributed by atoms with Gasteiger partial charge in [0.15, 0.2) is 0 Å². The van der Waals surface area contributed by atoms with Crippen molar-refractivity contribution in [1.29, 1.82) is 0 Å². The van der Waals surface area contributed by atoms with Gasteiger partial charge in [-0.25, -0.2) is 14.8 Å². The van der Waals surface area contributed by atoms with E-state index >= 15 is 0 Å². The number of aromatic nitrogens is 2. The second kappa shape index (κ2) is 9.80. The van der Waals surface area contributed by atoms with Crippen molar-refractivity contribution in [1.82, 2.24) is 14.9 Å². The Morgan fingerprint density at radius 3 is 2.52 bits per heavy atom. The number of piperazine rings is 1. The number of hydrogen-bond donors (Lipinski definition) is 1. The molecule has 8 nitrogen and oxygen atoms in total. The van der Waals surface area contributed by atoms with Gasteiger partial charge in [-0.3, -0.25) is 9.69 Å². The van der Waals surface area contributed by atoms with E-state index in [1.165, 1.54) is 11.3 Å². The zero-order chi connectivity index (χ0) is 20.8. The van der Waals surface area contributed by atoms with E-state index in [1.54, 1.807) is 19.3 Å².